The molecule has 7 nitrogen and oxygen atoms in total. The molecule has 0 spiro atoms. The first-order chi connectivity index (χ1) is 12.2. The number of amides is 1. The van der Waals surface area contributed by atoms with Crippen LogP contribution in [-0.2, 0) is 14.3 Å². The van der Waals surface area contributed by atoms with Crippen molar-refractivity contribution >= 4 is 12.4 Å². The van der Waals surface area contributed by atoms with Crippen molar-refractivity contribution in [3.63, 3.8) is 0 Å². The number of esters is 1. The van der Waals surface area contributed by atoms with E-state index >= 15 is 0 Å². The Labute approximate surface area is 150 Å². The highest BCUT2D eigenvalue weighted by molar-refractivity contribution is 5.72. The Hall–Kier alpha value is -1.18. The maximum absolute atomic E-state index is 12.4. The van der Waals surface area contributed by atoms with Crippen LogP contribution >= 0.6 is 0 Å². The number of carbonyl (C=O) groups is 2. The van der Waals surface area contributed by atoms with Gasteiger partial charge >= 0.3 is 5.97 Å². The first-order valence-corrected chi connectivity index (χ1v) is 9.81. The van der Waals surface area contributed by atoms with Gasteiger partial charge in [0.15, 0.2) is 5.72 Å². The van der Waals surface area contributed by atoms with Crippen molar-refractivity contribution in [3.05, 3.63) is 0 Å². The second kappa shape index (κ2) is 8.96. The lowest BCUT2D eigenvalue weighted by Gasteiger charge is -2.41. The molecule has 0 radical (unpaired) electrons. The van der Waals surface area contributed by atoms with Gasteiger partial charge in [-0.25, -0.2) is 0 Å². The van der Waals surface area contributed by atoms with Gasteiger partial charge in [0, 0.05) is 45.1 Å². The molecule has 0 aromatic rings. The zero-order chi connectivity index (χ0) is 17.5. The number of nitrogens with one attached hydrogen (secondary N) is 2. The number of hydrogen-bond acceptors (Lipinski definition) is 6. The van der Waals surface area contributed by atoms with E-state index in [0.717, 1.165) is 71.4 Å². The van der Waals surface area contributed by atoms with Crippen molar-refractivity contribution < 1.29 is 14.3 Å². The highest BCUT2D eigenvalue weighted by atomic mass is 16.6. The lowest BCUT2D eigenvalue weighted by Crippen LogP contribution is -2.55. The van der Waals surface area contributed by atoms with Gasteiger partial charge in [-0.1, -0.05) is 6.42 Å². The summed E-state index contributed by atoms with van der Waals surface area (Å²) in [5.41, 5.74) is -0.770. The number of rotatable bonds is 6. The van der Waals surface area contributed by atoms with Crippen LogP contribution in [0.4, 0.5) is 0 Å². The summed E-state index contributed by atoms with van der Waals surface area (Å²) in [7, 11) is 0. The molecule has 0 aromatic heterocycles. The predicted molar refractivity (Wildman–Crippen MR) is 95.0 cm³/mol. The highest BCUT2D eigenvalue weighted by Crippen LogP contribution is 2.29. The molecule has 3 fully saturated rings. The van der Waals surface area contributed by atoms with Crippen LogP contribution in [0.1, 0.15) is 44.9 Å². The van der Waals surface area contributed by atoms with Crippen molar-refractivity contribution in [2.24, 2.45) is 0 Å². The van der Waals surface area contributed by atoms with Gasteiger partial charge in [-0.05, 0) is 38.8 Å². The fourth-order valence-corrected chi connectivity index (χ4v) is 4.40. The quantitative estimate of drug-likeness (QED) is 0.407. The summed E-state index contributed by atoms with van der Waals surface area (Å²) in [5, 5.41) is 6.17. The van der Waals surface area contributed by atoms with E-state index in [2.05, 4.69) is 20.4 Å². The number of hydrogen-bond donors (Lipinski definition) is 2. The van der Waals surface area contributed by atoms with Gasteiger partial charge in [-0.3, -0.25) is 19.4 Å². The van der Waals surface area contributed by atoms with E-state index in [4.69, 9.17) is 4.74 Å². The van der Waals surface area contributed by atoms with E-state index in [1.807, 2.05) is 0 Å². The Kier molecular flexibility index (Phi) is 6.67. The van der Waals surface area contributed by atoms with E-state index in [1.54, 1.807) is 0 Å². The number of nitrogens with zero attached hydrogens (tertiary/aromatic N) is 2. The van der Waals surface area contributed by atoms with Crippen LogP contribution in [0.5, 0.6) is 0 Å². The maximum Gasteiger partial charge on any atom is 0.322 e. The lowest BCUT2D eigenvalue weighted by molar-refractivity contribution is -0.170. The molecule has 1 aliphatic carbocycles. The smallest absolute Gasteiger partial charge is 0.322 e. The molecule has 142 valence electrons. The largest absolute Gasteiger partial charge is 0.438 e. The number of carbonyl (C=O) groups excluding carboxylic acids is 2. The molecule has 3 aliphatic rings. The van der Waals surface area contributed by atoms with Gasteiger partial charge < -0.3 is 15.4 Å². The summed E-state index contributed by atoms with van der Waals surface area (Å²) < 4.78 is 5.72. The average Bonchev–Trinajstić information content (AvgIpc) is 2.64. The second-order valence-corrected chi connectivity index (χ2v) is 7.58. The van der Waals surface area contributed by atoms with Crippen LogP contribution in [0, 0.1) is 0 Å². The molecule has 0 unspecified atom stereocenters. The van der Waals surface area contributed by atoms with Gasteiger partial charge in [-0.15, -0.1) is 0 Å². The topological polar surface area (TPSA) is 73.9 Å². The SMILES string of the molecule is O=CNC1(OC(=O)CN2CCN(C3CCNCC3)CC2)CCCCC1. The monoisotopic (exact) mass is 352 g/mol. The summed E-state index contributed by atoms with van der Waals surface area (Å²) in [4.78, 5) is 28.1. The van der Waals surface area contributed by atoms with Crippen LogP contribution in [-0.4, -0.2) is 79.8 Å². The predicted octanol–water partition coefficient (Wildman–Crippen LogP) is 0.306. The van der Waals surface area contributed by atoms with Gasteiger partial charge in [-0.2, -0.15) is 0 Å². The van der Waals surface area contributed by atoms with Crippen LogP contribution in [0.2, 0.25) is 0 Å². The van der Waals surface area contributed by atoms with Gasteiger partial charge in [0.05, 0.1) is 6.54 Å². The molecule has 1 amide bonds. The van der Waals surface area contributed by atoms with Crippen molar-refractivity contribution in [2.45, 2.75) is 56.7 Å². The molecule has 2 heterocycles. The van der Waals surface area contributed by atoms with Crippen LogP contribution in [0.3, 0.4) is 0 Å². The minimum atomic E-state index is -0.770. The van der Waals surface area contributed by atoms with Crippen molar-refractivity contribution in [1.29, 1.82) is 0 Å². The molecule has 0 bridgehead atoms. The van der Waals surface area contributed by atoms with Crippen LogP contribution in [0.25, 0.3) is 0 Å². The maximum atomic E-state index is 12.4. The van der Waals surface area contributed by atoms with Crippen LogP contribution in [0.15, 0.2) is 0 Å². The van der Waals surface area contributed by atoms with E-state index in [1.165, 1.54) is 12.8 Å². The lowest BCUT2D eigenvalue weighted by atomic mass is 9.91. The van der Waals surface area contributed by atoms with E-state index in [0.29, 0.717) is 19.0 Å². The summed E-state index contributed by atoms with van der Waals surface area (Å²) in [6, 6.07) is 0.692. The molecule has 25 heavy (non-hydrogen) atoms. The normalized spacial score (nSPS) is 26.1. The zero-order valence-electron chi connectivity index (χ0n) is 15.2. The Morgan fingerprint density at radius 2 is 1.80 bits per heavy atom. The fourth-order valence-electron chi connectivity index (χ4n) is 4.40. The van der Waals surface area contributed by atoms with E-state index in [9.17, 15) is 9.59 Å². The molecule has 7 heteroatoms. The molecule has 0 atom stereocenters. The third-order valence-corrected chi connectivity index (χ3v) is 5.88. The Bertz CT molecular complexity index is 440. The van der Waals surface area contributed by atoms with E-state index < -0.39 is 5.72 Å². The second-order valence-electron chi connectivity index (χ2n) is 7.58. The van der Waals surface area contributed by atoms with Gasteiger partial charge in [0.2, 0.25) is 6.41 Å². The molecule has 1 saturated carbocycles. The summed E-state index contributed by atoms with van der Waals surface area (Å²) in [5.74, 6) is -0.216. The number of ether oxygens (including phenoxy) is 1. The fraction of sp³-hybridized carbons (Fsp3) is 0.889. The standard InChI is InChI=1S/C18H32N4O3/c23-15-20-18(6-2-1-3-7-18)25-17(24)14-21-10-12-22(13-11-21)16-4-8-19-9-5-16/h15-16,19H,1-14H2,(H,20,23). The minimum Gasteiger partial charge on any atom is -0.438 e. The van der Waals surface area contributed by atoms with E-state index in [-0.39, 0.29) is 5.97 Å². The van der Waals surface area contributed by atoms with Crippen LogP contribution < -0.4 is 10.6 Å². The molecular formula is C18H32N4O3. The van der Waals surface area contributed by atoms with Crippen molar-refractivity contribution in [2.75, 3.05) is 45.8 Å². The molecular weight excluding hydrogens is 320 g/mol. The highest BCUT2D eigenvalue weighted by Gasteiger charge is 2.36. The van der Waals surface area contributed by atoms with Crippen molar-refractivity contribution in [1.82, 2.24) is 20.4 Å². The summed E-state index contributed by atoms with van der Waals surface area (Å²) in [6.07, 6.45) is 7.67. The number of piperidine rings is 1. The molecule has 0 aromatic carbocycles. The van der Waals surface area contributed by atoms with Gasteiger partial charge in [0.25, 0.3) is 0 Å². The first kappa shape index (κ1) is 18.6. The first-order valence-electron chi connectivity index (χ1n) is 9.81. The summed E-state index contributed by atoms with van der Waals surface area (Å²) >= 11 is 0. The minimum absolute atomic E-state index is 0.216. The average molecular weight is 352 g/mol. The third kappa shape index (κ3) is 5.15. The van der Waals surface area contributed by atoms with Gasteiger partial charge in [0.1, 0.15) is 0 Å². The Morgan fingerprint density at radius 1 is 1.12 bits per heavy atom. The number of piperazine rings is 1. The Morgan fingerprint density at radius 3 is 2.44 bits per heavy atom. The summed E-state index contributed by atoms with van der Waals surface area (Å²) in [6.45, 7) is 6.42. The zero-order valence-corrected chi connectivity index (χ0v) is 15.2. The van der Waals surface area contributed by atoms with Crippen molar-refractivity contribution in [3.8, 4) is 0 Å². The third-order valence-electron chi connectivity index (χ3n) is 5.88. The molecule has 2 aliphatic heterocycles. The molecule has 2 saturated heterocycles. The Balaban J connectivity index is 1.43. The molecule has 3 rings (SSSR count). The molecule has 2 N–H and O–H groups in total.